The molecule has 0 spiro atoms. The summed E-state index contributed by atoms with van der Waals surface area (Å²) in [5.41, 5.74) is 2.44. The SMILES string of the molecule is CCC(=O)N1C[C@@H]2CN(c3ccc(C)cn3)C[C@@H]2[C@H]1c1ccccc1. The number of amides is 1. The van der Waals surface area contributed by atoms with Gasteiger partial charge in [-0.3, -0.25) is 4.79 Å². The third-order valence-electron chi connectivity index (χ3n) is 5.65. The zero-order valence-electron chi connectivity index (χ0n) is 14.9. The molecule has 3 atom stereocenters. The molecular formula is C21H25N3O. The second-order valence-corrected chi connectivity index (χ2v) is 7.28. The van der Waals surface area contributed by atoms with Crippen LogP contribution in [0.15, 0.2) is 48.7 Å². The maximum absolute atomic E-state index is 12.5. The van der Waals surface area contributed by atoms with Crippen molar-refractivity contribution in [3.63, 3.8) is 0 Å². The van der Waals surface area contributed by atoms with E-state index in [1.807, 2.05) is 19.2 Å². The molecule has 4 heteroatoms. The van der Waals surface area contributed by atoms with Crippen LogP contribution in [0.2, 0.25) is 0 Å². The lowest BCUT2D eigenvalue weighted by Crippen LogP contribution is -2.35. The molecule has 0 unspecified atom stereocenters. The summed E-state index contributed by atoms with van der Waals surface area (Å²) in [6, 6.07) is 14.9. The predicted octanol–water partition coefficient (Wildman–Crippen LogP) is 3.44. The van der Waals surface area contributed by atoms with Crippen LogP contribution in [0.3, 0.4) is 0 Å². The summed E-state index contributed by atoms with van der Waals surface area (Å²) < 4.78 is 0. The van der Waals surface area contributed by atoms with E-state index in [-0.39, 0.29) is 11.9 Å². The van der Waals surface area contributed by atoms with E-state index in [4.69, 9.17) is 0 Å². The molecule has 4 rings (SSSR count). The lowest BCUT2D eigenvalue weighted by Gasteiger charge is -2.30. The summed E-state index contributed by atoms with van der Waals surface area (Å²) >= 11 is 0. The van der Waals surface area contributed by atoms with Gasteiger partial charge >= 0.3 is 0 Å². The molecule has 2 aliphatic heterocycles. The van der Waals surface area contributed by atoms with Gasteiger partial charge in [0.1, 0.15) is 5.82 Å². The molecule has 2 saturated heterocycles. The number of carbonyl (C=O) groups is 1. The molecule has 0 bridgehead atoms. The number of aromatic nitrogens is 1. The first-order valence-electron chi connectivity index (χ1n) is 9.19. The van der Waals surface area contributed by atoms with E-state index in [9.17, 15) is 4.79 Å². The molecule has 3 heterocycles. The van der Waals surface area contributed by atoms with Crippen molar-refractivity contribution in [1.29, 1.82) is 0 Å². The van der Waals surface area contributed by atoms with Crippen LogP contribution in [0.1, 0.15) is 30.5 Å². The van der Waals surface area contributed by atoms with Gasteiger partial charge in [-0.05, 0) is 24.1 Å². The van der Waals surface area contributed by atoms with Gasteiger partial charge in [0.05, 0.1) is 6.04 Å². The summed E-state index contributed by atoms with van der Waals surface area (Å²) in [6.45, 7) is 6.83. The summed E-state index contributed by atoms with van der Waals surface area (Å²) in [4.78, 5) is 21.6. The molecular weight excluding hydrogens is 310 g/mol. The highest BCUT2D eigenvalue weighted by atomic mass is 16.2. The van der Waals surface area contributed by atoms with Crippen molar-refractivity contribution < 1.29 is 4.79 Å². The third-order valence-corrected chi connectivity index (χ3v) is 5.65. The average Bonchev–Trinajstić information content (AvgIpc) is 3.20. The Morgan fingerprint density at radius 2 is 1.92 bits per heavy atom. The highest BCUT2D eigenvalue weighted by Gasteiger charge is 2.48. The normalized spacial score (nSPS) is 25.3. The van der Waals surface area contributed by atoms with E-state index in [2.05, 4.69) is 58.1 Å². The van der Waals surface area contributed by atoms with Gasteiger partial charge < -0.3 is 9.80 Å². The van der Waals surface area contributed by atoms with Gasteiger partial charge in [0.25, 0.3) is 0 Å². The lowest BCUT2D eigenvalue weighted by molar-refractivity contribution is -0.132. The number of aryl methyl sites for hydroxylation is 1. The van der Waals surface area contributed by atoms with E-state index in [0.29, 0.717) is 18.3 Å². The van der Waals surface area contributed by atoms with Crippen molar-refractivity contribution in [2.24, 2.45) is 11.8 Å². The van der Waals surface area contributed by atoms with E-state index >= 15 is 0 Å². The fraction of sp³-hybridized carbons (Fsp3) is 0.429. The van der Waals surface area contributed by atoms with E-state index in [1.54, 1.807) is 0 Å². The monoisotopic (exact) mass is 335 g/mol. The van der Waals surface area contributed by atoms with Crippen LogP contribution in [0.25, 0.3) is 0 Å². The minimum absolute atomic E-state index is 0.189. The number of hydrogen-bond donors (Lipinski definition) is 0. The number of rotatable bonds is 3. The van der Waals surface area contributed by atoms with Gasteiger partial charge in [0, 0.05) is 44.1 Å². The zero-order chi connectivity index (χ0) is 17.4. The van der Waals surface area contributed by atoms with E-state index in [1.165, 1.54) is 11.1 Å². The summed E-state index contributed by atoms with van der Waals surface area (Å²) in [5.74, 6) is 2.31. The first kappa shape index (κ1) is 16.1. The van der Waals surface area contributed by atoms with Gasteiger partial charge in [-0.2, -0.15) is 0 Å². The Balaban J connectivity index is 1.61. The average molecular weight is 335 g/mol. The molecule has 25 heavy (non-hydrogen) atoms. The second kappa shape index (κ2) is 6.51. The van der Waals surface area contributed by atoms with Gasteiger partial charge in [-0.15, -0.1) is 0 Å². The topological polar surface area (TPSA) is 36.4 Å². The molecule has 2 aromatic rings. The Kier molecular flexibility index (Phi) is 4.20. The number of carbonyl (C=O) groups excluding carboxylic acids is 1. The predicted molar refractivity (Wildman–Crippen MR) is 99.4 cm³/mol. The standard InChI is InChI=1S/C21H25N3O/c1-3-20(25)24-13-17-12-23(19-10-9-15(2)11-22-19)14-18(17)21(24)16-7-5-4-6-8-16/h4-11,17-18,21H,3,12-14H2,1-2H3/t17-,18-,21+/m0/s1. The summed E-state index contributed by atoms with van der Waals surface area (Å²) in [7, 11) is 0. The highest BCUT2D eigenvalue weighted by Crippen LogP contribution is 2.45. The molecule has 1 amide bonds. The fourth-order valence-electron chi connectivity index (χ4n) is 4.42. The number of anilines is 1. The number of likely N-dealkylation sites (tertiary alicyclic amines) is 1. The maximum atomic E-state index is 12.5. The van der Waals surface area contributed by atoms with Crippen LogP contribution in [0, 0.1) is 18.8 Å². The van der Waals surface area contributed by atoms with Gasteiger partial charge in [-0.1, -0.05) is 43.3 Å². The molecule has 1 aromatic carbocycles. The number of benzene rings is 1. The fourth-order valence-corrected chi connectivity index (χ4v) is 4.42. The van der Waals surface area contributed by atoms with Crippen LogP contribution < -0.4 is 4.90 Å². The van der Waals surface area contributed by atoms with Crippen molar-refractivity contribution in [3.05, 3.63) is 59.8 Å². The first-order valence-corrected chi connectivity index (χ1v) is 9.19. The first-order chi connectivity index (χ1) is 12.2. The number of nitrogens with zero attached hydrogens (tertiary/aromatic N) is 3. The molecule has 0 radical (unpaired) electrons. The Bertz CT molecular complexity index is 743. The molecule has 4 nitrogen and oxygen atoms in total. The van der Waals surface area contributed by atoms with Crippen molar-refractivity contribution >= 4 is 11.7 Å². The molecule has 2 aliphatic rings. The lowest BCUT2D eigenvalue weighted by atomic mass is 9.89. The van der Waals surface area contributed by atoms with Gasteiger partial charge in [0.15, 0.2) is 0 Å². The van der Waals surface area contributed by atoms with Crippen molar-refractivity contribution in [1.82, 2.24) is 9.88 Å². The van der Waals surface area contributed by atoms with Crippen molar-refractivity contribution in [3.8, 4) is 0 Å². The van der Waals surface area contributed by atoms with E-state index in [0.717, 1.165) is 25.5 Å². The van der Waals surface area contributed by atoms with Crippen molar-refractivity contribution in [2.45, 2.75) is 26.3 Å². The van der Waals surface area contributed by atoms with Crippen LogP contribution in [0.5, 0.6) is 0 Å². The Hall–Kier alpha value is -2.36. The molecule has 0 aliphatic carbocycles. The van der Waals surface area contributed by atoms with Gasteiger partial charge in [-0.25, -0.2) is 4.98 Å². The molecule has 0 N–H and O–H groups in total. The Morgan fingerprint density at radius 1 is 1.12 bits per heavy atom. The Morgan fingerprint density at radius 3 is 2.60 bits per heavy atom. The molecule has 1 aromatic heterocycles. The maximum Gasteiger partial charge on any atom is 0.222 e. The Labute approximate surface area is 149 Å². The van der Waals surface area contributed by atoms with Crippen molar-refractivity contribution in [2.75, 3.05) is 24.5 Å². The highest BCUT2D eigenvalue weighted by molar-refractivity contribution is 5.77. The number of pyridine rings is 1. The number of fused-ring (bicyclic) bond motifs is 1. The zero-order valence-corrected chi connectivity index (χ0v) is 14.9. The minimum Gasteiger partial charge on any atom is -0.356 e. The molecule has 0 saturated carbocycles. The van der Waals surface area contributed by atoms with Crippen LogP contribution in [0.4, 0.5) is 5.82 Å². The van der Waals surface area contributed by atoms with Crippen LogP contribution in [-0.4, -0.2) is 35.4 Å². The molecule has 130 valence electrons. The largest absolute Gasteiger partial charge is 0.356 e. The summed E-state index contributed by atoms with van der Waals surface area (Å²) in [5, 5.41) is 0. The minimum atomic E-state index is 0.189. The summed E-state index contributed by atoms with van der Waals surface area (Å²) in [6.07, 6.45) is 2.51. The quantitative estimate of drug-likeness (QED) is 0.862. The van der Waals surface area contributed by atoms with Gasteiger partial charge in [0.2, 0.25) is 5.91 Å². The molecule has 2 fully saturated rings. The smallest absolute Gasteiger partial charge is 0.222 e. The van der Waals surface area contributed by atoms with E-state index < -0.39 is 0 Å². The third kappa shape index (κ3) is 2.90. The van der Waals surface area contributed by atoms with Crippen LogP contribution in [-0.2, 0) is 4.79 Å². The van der Waals surface area contributed by atoms with Crippen LogP contribution >= 0.6 is 0 Å². The number of hydrogen-bond acceptors (Lipinski definition) is 3. The second-order valence-electron chi connectivity index (χ2n) is 7.28.